The number of benzene rings is 2. The summed E-state index contributed by atoms with van der Waals surface area (Å²) in [6.07, 6.45) is 3.07. The maximum absolute atomic E-state index is 6.26. The van der Waals surface area contributed by atoms with E-state index in [1.54, 1.807) is 0 Å². The number of aryl methyl sites for hydroxylation is 2. The Bertz CT molecular complexity index is 596. The van der Waals surface area contributed by atoms with Crippen LogP contribution < -0.4 is 5.32 Å². The predicted octanol–water partition coefficient (Wildman–Crippen LogP) is 5.07. The van der Waals surface area contributed by atoms with Crippen molar-refractivity contribution in [3.05, 3.63) is 69.2 Å². The molecule has 1 N–H and O–H groups in total. The molecular weight excluding hydrogens is 301 g/mol. The first-order valence-corrected chi connectivity index (χ1v) is 8.01. The van der Waals surface area contributed by atoms with Crippen LogP contribution >= 0.6 is 23.2 Å². The predicted molar refractivity (Wildman–Crippen MR) is 92.5 cm³/mol. The van der Waals surface area contributed by atoms with Gasteiger partial charge in [-0.05, 0) is 62.1 Å². The van der Waals surface area contributed by atoms with Gasteiger partial charge >= 0.3 is 0 Å². The highest BCUT2D eigenvalue weighted by molar-refractivity contribution is 6.35. The molecule has 0 heterocycles. The van der Waals surface area contributed by atoms with E-state index in [1.165, 1.54) is 11.1 Å². The zero-order valence-corrected chi connectivity index (χ0v) is 14.0. The fourth-order valence-corrected chi connectivity index (χ4v) is 3.01. The van der Waals surface area contributed by atoms with Crippen LogP contribution in [0.5, 0.6) is 0 Å². The van der Waals surface area contributed by atoms with Crippen LogP contribution in [0.3, 0.4) is 0 Å². The third-order valence-corrected chi connectivity index (χ3v) is 4.50. The molecule has 2 aromatic rings. The topological polar surface area (TPSA) is 12.0 Å². The Morgan fingerprint density at radius 1 is 1.05 bits per heavy atom. The average Bonchev–Trinajstić information content (AvgIpc) is 2.47. The molecule has 2 aromatic carbocycles. The highest BCUT2D eigenvalue weighted by Crippen LogP contribution is 2.23. The molecule has 0 saturated heterocycles. The molecular formula is C18H21Cl2N. The molecule has 1 unspecified atom stereocenters. The van der Waals surface area contributed by atoms with Gasteiger partial charge < -0.3 is 5.32 Å². The third-order valence-electron chi connectivity index (χ3n) is 3.91. The van der Waals surface area contributed by atoms with E-state index in [2.05, 4.69) is 36.5 Å². The van der Waals surface area contributed by atoms with Crippen molar-refractivity contribution in [2.24, 2.45) is 0 Å². The normalized spacial score (nSPS) is 12.4. The van der Waals surface area contributed by atoms with Gasteiger partial charge in [-0.3, -0.25) is 0 Å². The fourth-order valence-electron chi connectivity index (χ4n) is 2.52. The summed E-state index contributed by atoms with van der Waals surface area (Å²) >= 11 is 12.2. The second-order valence-electron chi connectivity index (χ2n) is 5.39. The molecule has 112 valence electrons. The number of rotatable bonds is 6. The van der Waals surface area contributed by atoms with Gasteiger partial charge in [-0.15, -0.1) is 0 Å². The van der Waals surface area contributed by atoms with Crippen molar-refractivity contribution >= 4 is 23.2 Å². The van der Waals surface area contributed by atoms with Gasteiger partial charge in [0.2, 0.25) is 0 Å². The Hall–Kier alpha value is -1.02. The summed E-state index contributed by atoms with van der Waals surface area (Å²) in [6, 6.07) is 14.7. The maximum Gasteiger partial charge on any atom is 0.0453 e. The molecule has 1 nitrogen and oxygen atoms in total. The Morgan fingerprint density at radius 3 is 2.48 bits per heavy atom. The van der Waals surface area contributed by atoms with E-state index in [-0.39, 0.29) is 0 Å². The van der Waals surface area contributed by atoms with Gasteiger partial charge in [-0.2, -0.15) is 0 Å². The molecule has 0 aliphatic rings. The van der Waals surface area contributed by atoms with Gasteiger partial charge in [0.25, 0.3) is 0 Å². The number of nitrogens with one attached hydrogen (secondary N) is 1. The number of likely N-dealkylation sites (N-methyl/N-ethyl adjacent to an activating group) is 1. The van der Waals surface area contributed by atoms with E-state index in [1.807, 2.05) is 25.2 Å². The first-order valence-electron chi connectivity index (χ1n) is 7.26. The van der Waals surface area contributed by atoms with Crippen LogP contribution in [0.25, 0.3) is 0 Å². The van der Waals surface area contributed by atoms with Crippen molar-refractivity contribution in [1.29, 1.82) is 0 Å². The molecule has 0 radical (unpaired) electrons. The van der Waals surface area contributed by atoms with Crippen LogP contribution in [0.1, 0.15) is 23.1 Å². The molecule has 0 spiro atoms. The Kier molecular flexibility index (Phi) is 6.10. The Labute approximate surface area is 137 Å². The summed E-state index contributed by atoms with van der Waals surface area (Å²) in [5, 5.41) is 4.82. The van der Waals surface area contributed by atoms with Gasteiger partial charge in [0, 0.05) is 16.1 Å². The molecule has 0 aromatic heterocycles. The number of halogens is 2. The van der Waals surface area contributed by atoms with E-state index in [0.29, 0.717) is 11.1 Å². The number of hydrogen-bond donors (Lipinski definition) is 1. The second kappa shape index (κ2) is 7.84. The van der Waals surface area contributed by atoms with E-state index in [4.69, 9.17) is 23.2 Å². The highest BCUT2D eigenvalue weighted by atomic mass is 35.5. The molecule has 0 bridgehead atoms. The average molecular weight is 322 g/mol. The first-order chi connectivity index (χ1) is 10.1. The minimum absolute atomic E-state index is 0.406. The first kappa shape index (κ1) is 16.4. The van der Waals surface area contributed by atoms with Crippen molar-refractivity contribution in [1.82, 2.24) is 5.32 Å². The molecule has 0 amide bonds. The Morgan fingerprint density at radius 2 is 1.81 bits per heavy atom. The van der Waals surface area contributed by atoms with Crippen LogP contribution in [0.2, 0.25) is 10.0 Å². The Balaban J connectivity index is 1.99. The van der Waals surface area contributed by atoms with E-state index < -0.39 is 0 Å². The van der Waals surface area contributed by atoms with Gasteiger partial charge in [0.05, 0.1) is 0 Å². The van der Waals surface area contributed by atoms with Gasteiger partial charge in [0.15, 0.2) is 0 Å². The van der Waals surface area contributed by atoms with Gasteiger partial charge in [0.1, 0.15) is 0 Å². The zero-order chi connectivity index (χ0) is 15.2. The summed E-state index contributed by atoms with van der Waals surface area (Å²) in [5.41, 5.74) is 3.92. The zero-order valence-electron chi connectivity index (χ0n) is 12.5. The van der Waals surface area contributed by atoms with Crippen molar-refractivity contribution in [3.8, 4) is 0 Å². The monoisotopic (exact) mass is 321 g/mol. The quantitative estimate of drug-likeness (QED) is 0.783. The molecule has 0 saturated carbocycles. The summed E-state index contributed by atoms with van der Waals surface area (Å²) in [6.45, 7) is 2.17. The molecule has 3 heteroatoms. The lowest BCUT2D eigenvalue weighted by molar-refractivity contribution is 0.520. The van der Waals surface area contributed by atoms with Crippen molar-refractivity contribution in [2.45, 2.75) is 32.2 Å². The molecule has 0 aliphatic heterocycles. The van der Waals surface area contributed by atoms with E-state index in [0.717, 1.165) is 29.8 Å². The number of hydrogen-bond acceptors (Lipinski definition) is 1. The lowest BCUT2D eigenvalue weighted by Gasteiger charge is -2.18. The highest BCUT2D eigenvalue weighted by Gasteiger charge is 2.11. The third kappa shape index (κ3) is 4.74. The van der Waals surface area contributed by atoms with E-state index in [9.17, 15) is 0 Å². The maximum atomic E-state index is 6.26. The lowest BCUT2D eigenvalue weighted by atomic mass is 9.97. The summed E-state index contributed by atoms with van der Waals surface area (Å²) in [5.74, 6) is 0. The molecule has 2 rings (SSSR count). The van der Waals surface area contributed by atoms with Crippen LogP contribution in [0.15, 0.2) is 42.5 Å². The molecule has 1 atom stereocenters. The molecule has 21 heavy (non-hydrogen) atoms. The van der Waals surface area contributed by atoms with Crippen LogP contribution in [-0.2, 0) is 12.8 Å². The SMILES string of the molecule is CNC(CCc1ccccc1C)Cc1ccc(Cl)cc1Cl. The minimum atomic E-state index is 0.406. The second-order valence-corrected chi connectivity index (χ2v) is 6.23. The summed E-state index contributed by atoms with van der Waals surface area (Å²) in [4.78, 5) is 0. The summed E-state index contributed by atoms with van der Waals surface area (Å²) < 4.78 is 0. The van der Waals surface area contributed by atoms with Crippen molar-refractivity contribution < 1.29 is 0 Å². The molecule has 0 fully saturated rings. The van der Waals surface area contributed by atoms with Gasteiger partial charge in [-0.1, -0.05) is 53.5 Å². The largest absolute Gasteiger partial charge is 0.317 e. The van der Waals surface area contributed by atoms with Crippen molar-refractivity contribution in [2.75, 3.05) is 7.05 Å². The minimum Gasteiger partial charge on any atom is -0.317 e. The lowest BCUT2D eigenvalue weighted by Crippen LogP contribution is -2.28. The van der Waals surface area contributed by atoms with Crippen LogP contribution in [-0.4, -0.2) is 13.1 Å². The fraction of sp³-hybridized carbons (Fsp3) is 0.333. The van der Waals surface area contributed by atoms with Crippen molar-refractivity contribution in [3.63, 3.8) is 0 Å². The smallest absolute Gasteiger partial charge is 0.0453 e. The van der Waals surface area contributed by atoms with E-state index >= 15 is 0 Å². The summed E-state index contributed by atoms with van der Waals surface area (Å²) in [7, 11) is 2.01. The van der Waals surface area contributed by atoms with Crippen LogP contribution in [0, 0.1) is 6.92 Å². The molecule has 0 aliphatic carbocycles. The standard InChI is InChI=1S/C18H21Cl2N/c1-13-5-3-4-6-14(13)8-10-17(21-2)11-15-7-9-16(19)12-18(15)20/h3-7,9,12,17,21H,8,10-11H2,1-2H3. The van der Waals surface area contributed by atoms with Gasteiger partial charge in [-0.25, -0.2) is 0 Å². The van der Waals surface area contributed by atoms with Crippen LogP contribution in [0.4, 0.5) is 0 Å².